The highest BCUT2D eigenvalue weighted by Gasteiger charge is 1.93. The Balaban J connectivity index is 4.29. The van der Waals surface area contributed by atoms with Gasteiger partial charge in [0, 0.05) is 10.2 Å². The van der Waals surface area contributed by atoms with E-state index in [0.29, 0.717) is 5.92 Å². The minimum atomic E-state index is -1.99. The summed E-state index contributed by atoms with van der Waals surface area (Å²) in [6.07, 6.45) is 3.85. The predicted molar refractivity (Wildman–Crippen MR) is 59.4 cm³/mol. The second-order valence-corrected chi connectivity index (χ2v) is 5.05. The lowest BCUT2D eigenvalue weighted by atomic mass is 10.2. The zero-order valence-electron chi connectivity index (χ0n) is 8.04. The van der Waals surface area contributed by atoms with Crippen LogP contribution in [0.4, 0.5) is 0 Å². The Morgan fingerprint density at radius 3 is 2.54 bits per heavy atom. The van der Waals surface area contributed by atoms with E-state index in [4.69, 9.17) is 0 Å². The molecule has 2 nitrogen and oxygen atoms in total. The van der Waals surface area contributed by atoms with Crippen molar-refractivity contribution in [3.63, 3.8) is 0 Å². The van der Waals surface area contributed by atoms with Crippen molar-refractivity contribution < 1.29 is 8.76 Å². The Hall–Kier alpha value is 0.0700. The van der Waals surface area contributed by atoms with Gasteiger partial charge >= 0.3 is 0 Å². The van der Waals surface area contributed by atoms with Crippen LogP contribution >= 0.6 is 15.9 Å². The van der Waals surface area contributed by atoms with Gasteiger partial charge in [0.05, 0.1) is 0 Å². The number of allylic oxidation sites excluding steroid dienone is 3. The van der Waals surface area contributed by atoms with Crippen molar-refractivity contribution >= 4 is 27.0 Å². The molecule has 76 valence electrons. The zero-order chi connectivity index (χ0) is 10.4. The molecule has 1 atom stereocenters. The monoisotopic (exact) mass is 265 g/mol. The molecule has 0 fully saturated rings. The molecule has 0 radical (unpaired) electrons. The Bertz CT molecular complexity index is 244. The molecule has 0 aromatic carbocycles. The first-order valence-corrected chi connectivity index (χ1v) is 6.06. The van der Waals surface area contributed by atoms with Crippen molar-refractivity contribution in [3.8, 4) is 0 Å². The fourth-order valence-corrected chi connectivity index (χ4v) is 2.20. The van der Waals surface area contributed by atoms with Crippen LogP contribution in [0.3, 0.4) is 0 Å². The first-order valence-electron chi connectivity index (χ1n) is 4.02. The summed E-state index contributed by atoms with van der Waals surface area (Å²) in [6, 6.07) is 0. The highest BCUT2D eigenvalue weighted by Crippen LogP contribution is 2.13. The van der Waals surface area contributed by atoms with Crippen LogP contribution in [0.15, 0.2) is 22.2 Å². The smallest absolute Gasteiger partial charge is 0.0312 e. The van der Waals surface area contributed by atoms with Gasteiger partial charge in [-0.05, 0) is 18.9 Å². The molecule has 0 N–H and O–H groups in total. The van der Waals surface area contributed by atoms with Gasteiger partial charge < -0.3 is 4.55 Å². The molecule has 0 aromatic rings. The van der Waals surface area contributed by atoms with Gasteiger partial charge in [0.25, 0.3) is 0 Å². The van der Waals surface area contributed by atoms with E-state index in [1.807, 2.05) is 12.2 Å². The minimum absolute atomic E-state index is 0.0982. The van der Waals surface area contributed by atoms with E-state index in [1.165, 1.54) is 0 Å². The van der Waals surface area contributed by atoms with E-state index in [1.54, 1.807) is 6.92 Å². The van der Waals surface area contributed by atoms with Crippen LogP contribution in [0, 0.1) is 5.92 Å². The van der Waals surface area contributed by atoms with Crippen LogP contribution in [0.2, 0.25) is 0 Å². The van der Waals surface area contributed by atoms with Crippen LogP contribution in [-0.2, 0) is 11.1 Å². The van der Waals surface area contributed by atoms with Crippen molar-refractivity contribution in [2.45, 2.75) is 20.8 Å². The Morgan fingerprint density at radius 2 is 2.15 bits per heavy atom. The van der Waals surface area contributed by atoms with Gasteiger partial charge in [0.15, 0.2) is 0 Å². The van der Waals surface area contributed by atoms with Gasteiger partial charge in [-0.2, -0.15) is 0 Å². The molecular formula is C9H14BrO2S-. The quantitative estimate of drug-likeness (QED) is 0.579. The summed E-state index contributed by atoms with van der Waals surface area (Å²) in [5.74, 6) is 0.553. The van der Waals surface area contributed by atoms with Crippen LogP contribution in [-0.4, -0.2) is 14.5 Å². The van der Waals surface area contributed by atoms with Crippen LogP contribution < -0.4 is 0 Å². The summed E-state index contributed by atoms with van der Waals surface area (Å²) in [5.41, 5.74) is 0.831. The minimum Gasteiger partial charge on any atom is -0.772 e. The lowest BCUT2D eigenvalue weighted by Crippen LogP contribution is -1.96. The third kappa shape index (κ3) is 8.40. The van der Waals surface area contributed by atoms with Gasteiger partial charge in [-0.25, -0.2) is 0 Å². The molecule has 0 rings (SSSR count). The maximum atomic E-state index is 10.3. The molecule has 0 aliphatic heterocycles. The van der Waals surface area contributed by atoms with Crippen molar-refractivity contribution in [2.75, 3.05) is 5.75 Å². The van der Waals surface area contributed by atoms with E-state index in [0.717, 1.165) is 10.1 Å². The number of hydrogen-bond donors (Lipinski definition) is 0. The lowest BCUT2D eigenvalue weighted by molar-refractivity contribution is 0.539. The Labute approximate surface area is 90.5 Å². The highest BCUT2D eigenvalue weighted by atomic mass is 79.9. The first-order chi connectivity index (χ1) is 5.91. The van der Waals surface area contributed by atoms with Crippen LogP contribution in [0.5, 0.6) is 0 Å². The Kier molecular flexibility index (Phi) is 6.55. The summed E-state index contributed by atoms with van der Waals surface area (Å²) < 4.78 is 21.6. The molecule has 0 aliphatic rings. The van der Waals surface area contributed by atoms with Crippen LogP contribution in [0.1, 0.15) is 20.8 Å². The van der Waals surface area contributed by atoms with Gasteiger partial charge in [-0.1, -0.05) is 52.5 Å². The largest absolute Gasteiger partial charge is 0.772 e. The molecule has 0 aromatic heterocycles. The van der Waals surface area contributed by atoms with Crippen molar-refractivity contribution in [1.29, 1.82) is 0 Å². The summed E-state index contributed by atoms with van der Waals surface area (Å²) >= 11 is 1.36. The molecule has 13 heavy (non-hydrogen) atoms. The molecule has 0 spiro atoms. The van der Waals surface area contributed by atoms with Gasteiger partial charge in [-0.3, -0.25) is 4.21 Å². The topological polar surface area (TPSA) is 40.1 Å². The summed E-state index contributed by atoms with van der Waals surface area (Å²) in [5, 5.41) is 0. The average Bonchev–Trinajstić information content (AvgIpc) is 1.80. The number of halogens is 1. The molecule has 1 unspecified atom stereocenters. The van der Waals surface area contributed by atoms with E-state index < -0.39 is 11.1 Å². The Morgan fingerprint density at radius 1 is 1.62 bits per heavy atom. The van der Waals surface area contributed by atoms with Crippen molar-refractivity contribution in [1.82, 2.24) is 0 Å². The zero-order valence-corrected chi connectivity index (χ0v) is 10.4. The second kappa shape index (κ2) is 6.51. The molecule has 0 heterocycles. The average molecular weight is 266 g/mol. The molecule has 0 amide bonds. The second-order valence-electron chi connectivity index (χ2n) is 3.23. The fourth-order valence-electron chi connectivity index (χ4n) is 0.829. The standard InChI is InChI=1S/C9H15BrO2S/c1-7(2)4-9(10)5-8(3)6-13(11)12/h4-5,7H,6H2,1-3H3,(H,11,12)/p-1/b8-5+,9-4+. The normalized spacial score (nSPS) is 16.5. The summed E-state index contributed by atoms with van der Waals surface area (Å²) in [4.78, 5) is 0. The van der Waals surface area contributed by atoms with E-state index >= 15 is 0 Å². The van der Waals surface area contributed by atoms with E-state index in [9.17, 15) is 8.76 Å². The third-order valence-electron chi connectivity index (χ3n) is 1.22. The van der Waals surface area contributed by atoms with Crippen LogP contribution in [0.25, 0.3) is 0 Å². The number of hydrogen-bond acceptors (Lipinski definition) is 2. The van der Waals surface area contributed by atoms with Gasteiger partial charge in [-0.15, -0.1) is 0 Å². The lowest BCUT2D eigenvalue weighted by Gasteiger charge is -2.04. The number of rotatable bonds is 4. The summed E-state index contributed by atoms with van der Waals surface area (Å²) in [7, 11) is 0. The summed E-state index contributed by atoms with van der Waals surface area (Å²) in [6.45, 7) is 5.93. The molecule has 0 bridgehead atoms. The molecule has 0 saturated carbocycles. The first kappa shape index (κ1) is 13.1. The molecule has 0 saturated heterocycles. The third-order valence-corrected chi connectivity index (χ3v) is 2.41. The van der Waals surface area contributed by atoms with Crippen molar-refractivity contribution in [3.05, 3.63) is 22.2 Å². The molecular weight excluding hydrogens is 252 g/mol. The van der Waals surface area contributed by atoms with E-state index in [2.05, 4.69) is 29.8 Å². The SMILES string of the molecule is C/C(=C\C(Br)=C/C(C)C)CS(=O)[O-]. The van der Waals surface area contributed by atoms with E-state index in [-0.39, 0.29) is 5.75 Å². The van der Waals surface area contributed by atoms with Crippen molar-refractivity contribution in [2.24, 2.45) is 5.92 Å². The predicted octanol–water partition coefficient (Wildman–Crippen LogP) is 2.75. The maximum absolute atomic E-state index is 10.3. The highest BCUT2D eigenvalue weighted by molar-refractivity contribution is 9.11. The fraction of sp³-hybridized carbons (Fsp3) is 0.556. The maximum Gasteiger partial charge on any atom is 0.0312 e. The molecule has 4 heteroatoms. The van der Waals surface area contributed by atoms with Gasteiger partial charge in [0.1, 0.15) is 0 Å². The molecule has 0 aliphatic carbocycles. The van der Waals surface area contributed by atoms with Gasteiger partial charge in [0.2, 0.25) is 0 Å².